The van der Waals surface area contributed by atoms with Crippen molar-refractivity contribution in [3.8, 4) is 34.1 Å². The molecule has 2 aliphatic heterocycles. The molecular formula is C25H26BrN5O2S. The van der Waals surface area contributed by atoms with Crippen LogP contribution in [0.1, 0.15) is 32.0 Å². The van der Waals surface area contributed by atoms with Gasteiger partial charge in [-0.05, 0) is 62.2 Å². The monoisotopic (exact) mass is 539 g/mol. The van der Waals surface area contributed by atoms with Crippen LogP contribution in [0.4, 0.5) is 5.69 Å². The molecule has 176 valence electrons. The summed E-state index contributed by atoms with van der Waals surface area (Å²) in [5.41, 5.74) is 4.24. The van der Waals surface area contributed by atoms with Crippen LogP contribution in [0, 0.1) is 0 Å². The number of benzene rings is 2. The van der Waals surface area contributed by atoms with Gasteiger partial charge in [0, 0.05) is 36.0 Å². The van der Waals surface area contributed by atoms with E-state index in [9.17, 15) is 0 Å². The lowest BCUT2D eigenvalue weighted by molar-refractivity contribution is 0.174. The molecule has 0 N–H and O–H groups in total. The van der Waals surface area contributed by atoms with E-state index in [1.165, 1.54) is 19.3 Å². The third kappa shape index (κ3) is 4.18. The van der Waals surface area contributed by atoms with Gasteiger partial charge in [-0.15, -0.1) is 38.5 Å². The quantitative estimate of drug-likeness (QED) is 0.330. The van der Waals surface area contributed by atoms with Crippen molar-refractivity contribution in [3.05, 3.63) is 58.5 Å². The third-order valence-electron chi connectivity index (χ3n) is 6.24. The van der Waals surface area contributed by atoms with Crippen LogP contribution in [-0.4, -0.2) is 26.1 Å². The van der Waals surface area contributed by atoms with Gasteiger partial charge in [0.2, 0.25) is 6.79 Å². The summed E-state index contributed by atoms with van der Waals surface area (Å²) in [5, 5.41) is 11.1. The van der Waals surface area contributed by atoms with E-state index in [1.807, 2.05) is 12.1 Å². The lowest BCUT2D eigenvalue weighted by atomic mass is 10.1. The summed E-state index contributed by atoms with van der Waals surface area (Å²) in [4.78, 5) is 5.91. The number of aryl methyl sites for hydroxylation is 1. The normalized spacial score (nSPS) is 15.0. The zero-order valence-electron chi connectivity index (χ0n) is 18.9. The maximum Gasteiger partial charge on any atom is 0.231 e. The van der Waals surface area contributed by atoms with Gasteiger partial charge in [0.05, 0.1) is 11.4 Å². The van der Waals surface area contributed by atoms with Gasteiger partial charge in [0.25, 0.3) is 0 Å². The Kier molecular flexibility index (Phi) is 6.56. The second kappa shape index (κ2) is 9.76. The highest BCUT2D eigenvalue weighted by molar-refractivity contribution is 8.93. The van der Waals surface area contributed by atoms with Crippen LogP contribution in [0.15, 0.2) is 52.8 Å². The van der Waals surface area contributed by atoms with Crippen molar-refractivity contribution < 1.29 is 9.47 Å². The average molecular weight is 540 g/mol. The van der Waals surface area contributed by atoms with Gasteiger partial charge in [0.15, 0.2) is 22.1 Å². The fraction of sp³-hybridized carbons (Fsp3) is 0.320. The highest BCUT2D eigenvalue weighted by Gasteiger charge is 2.17. The zero-order valence-corrected chi connectivity index (χ0v) is 21.5. The van der Waals surface area contributed by atoms with E-state index in [4.69, 9.17) is 14.5 Å². The molecule has 0 atom stereocenters. The van der Waals surface area contributed by atoms with Gasteiger partial charge in [-0.25, -0.2) is 4.99 Å². The molecule has 7 nitrogen and oxygen atoms in total. The van der Waals surface area contributed by atoms with Crippen LogP contribution in [0.3, 0.4) is 0 Å². The smallest absolute Gasteiger partial charge is 0.231 e. The summed E-state index contributed by atoms with van der Waals surface area (Å²) in [6, 6.07) is 14.4. The third-order valence-corrected chi connectivity index (χ3v) is 7.11. The standard InChI is InChI=1S/C25H25N5O2S.BrH/c1-2-29-20(18-9-12-21-22(14-18)32-16-31-21)15-33-25(29)26-19-10-7-17(8-11-19)24-28-27-23-6-4-3-5-13-30(23)24;/h7-12,14-15H,2-6,13,16H2,1H3;1H. The van der Waals surface area contributed by atoms with Gasteiger partial charge in [0.1, 0.15) is 5.82 Å². The van der Waals surface area contributed by atoms with Crippen LogP contribution >= 0.6 is 28.3 Å². The molecule has 4 heterocycles. The van der Waals surface area contributed by atoms with Crippen molar-refractivity contribution in [2.24, 2.45) is 4.99 Å². The number of halogens is 1. The average Bonchev–Trinajstić information content (AvgIpc) is 3.54. The Morgan fingerprint density at radius 1 is 0.971 bits per heavy atom. The molecular weight excluding hydrogens is 514 g/mol. The van der Waals surface area contributed by atoms with Gasteiger partial charge in [-0.3, -0.25) is 0 Å². The number of nitrogens with zero attached hydrogens (tertiary/aromatic N) is 5. The summed E-state index contributed by atoms with van der Waals surface area (Å²) < 4.78 is 15.5. The fourth-order valence-corrected chi connectivity index (χ4v) is 5.50. The summed E-state index contributed by atoms with van der Waals surface area (Å²) in [6.45, 7) is 4.25. The van der Waals surface area contributed by atoms with Crippen LogP contribution in [0.25, 0.3) is 22.6 Å². The number of hydrogen-bond acceptors (Lipinski definition) is 6. The number of fused-ring (bicyclic) bond motifs is 2. The molecule has 0 radical (unpaired) electrons. The first-order valence-corrected chi connectivity index (χ1v) is 12.3. The topological polar surface area (TPSA) is 66.5 Å². The number of hydrogen-bond donors (Lipinski definition) is 0. The second-order valence-electron chi connectivity index (χ2n) is 8.28. The molecule has 4 aromatic rings. The zero-order chi connectivity index (χ0) is 22.2. The molecule has 2 aliphatic rings. The minimum Gasteiger partial charge on any atom is -0.454 e. The van der Waals surface area contributed by atoms with Crippen molar-refractivity contribution in [2.75, 3.05) is 6.79 Å². The van der Waals surface area contributed by atoms with Crippen molar-refractivity contribution in [3.63, 3.8) is 0 Å². The fourth-order valence-electron chi connectivity index (χ4n) is 4.50. The second-order valence-corrected chi connectivity index (χ2v) is 9.11. The van der Waals surface area contributed by atoms with Crippen LogP contribution in [0.2, 0.25) is 0 Å². The van der Waals surface area contributed by atoms with Crippen molar-refractivity contribution in [1.82, 2.24) is 19.3 Å². The molecule has 0 spiro atoms. The van der Waals surface area contributed by atoms with Crippen molar-refractivity contribution in [2.45, 2.75) is 45.7 Å². The Morgan fingerprint density at radius 3 is 2.65 bits per heavy atom. The van der Waals surface area contributed by atoms with E-state index in [0.29, 0.717) is 0 Å². The molecule has 0 unspecified atom stereocenters. The van der Waals surface area contributed by atoms with E-state index in [0.717, 1.165) is 70.0 Å². The maximum atomic E-state index is 5.56. The van der Waals surface area contributed by atoms with E-state index < -0.39 is 0 Å². The molecule has 0 aliphatic carbocycles. The summed E-state index contributed by atoms with van der Waals surface area (Å²) >= 11 is 1.64. The molecule has 0 bridgehead atoms. The Balaban J connectivity index is 0.00000241. The van der Waals surface area contributed by atoms with Crippen molar-refractivity contribution in [1.29, 1.82) is 0 Å². The van der Waals surface area contributed by atoms with Gasteiger partial charge in [-0.1, -0.05) is 6.42 Å². The first-order chi connectivity index (χ1) is 16.3. The number of ether oxygens (including phenoxy) is 2. The van der Waals surface area contributed by atoms with Gasteiger partial charge < -0.3 is 18.6 Å². The molecule has 9 heteroatoms. The predicted molar refractivity (Wildman–Crippen MR) is 138 cm³/mol. The Hall–Kier alpha value is -2.91. The molecule has 0 fully saturated rings. The largest absolute Gasteiger partial charge is 0.454 e. The lowest BCUT2D eigenvalue weighted by Gasteiger charge is -2.08. The van der Waals surface area contributed by atoms with E-state index in [2.05, 4.69) is 62.0 Å². The summed E-state index contributed by atoms with van der Waals surface area (Å²) in [6.07, 6.45) is 4.66. The molecule has 0 amide bonds. The Labute approximate surface area is 212 Å². The van der Waals surface area contributed by atoms with Crippen LogP contribution in [-0.2, 0) is 19.5 Å². The van der Waals surface area contributed by atoms with E-state index in [-0.39, 0.29) is 23.8 Å². The SMILES string of the molecule is Br.CCn1c(-c2ccc3c(c2)OCO3)csc1=Nc1ccc(-c2nnc3n2CCCCC3)cc1. The van der Waals surface area contributed by atoms with Crippen LogP contribution in [0.5, 0.6) is 11.5 Å². The van der Waals surface area contributed by atoms with Crippen molar-refractivity contribution >= 4 is 34.0 Å². The van der Waals surface area contributed by atoms with Gasteiger partial charge >= 0.3 is 0 Å². The molecule has 0 saturated carbocycles. The minimum atomic E-state index is 0. The van der Waals surface area contributed by atoms with Gasteiger partial charge in [-0.2, -0.15) is 0 Å². The first kappa shape index (κ1) is 22.9. The first-order valence-electron chi connectivity index (χ1n) is 11.5. The summed E-state index contributed by atoms with van der Waals surface area (Å²) in [7, 11) is 0. The Bertz CT molecular complexity index is 1370. The number of rotatable bonds is 4. The molecule has 34 heavy (non-hydrogen) atoms. The number of thiazole rings is 1. The lowest BCUT2D eigenvalue weighted by Crippen LogP contribution is -2.14. The molecule has 6 rings (SSSR count). The highest BCUT2D eigenvalue weighted by atomic mass is 79.9. The summed E-state index contributed by atoms with van der Waals surface area (Å²) in [5.74, 6) is 3.66. The number of aromatic nitrogens is 4. The molecule has 2 aromatic carbocycles. The van der Waals surface area contributed by atoms with E-state index in [1.54, 1.807) is 11.3 Å². The Morgan fingerprint density at radius 2 is 1.79 bits per heavy atom. The highest BCUT2D eigenvalue weighted by Crippen LogP contribution is 2.36. The molecule has 0 saturated heterocycles. The predicted octanol–water partition coefficient (Wildman–Crippen LogP) is 5.76. The minimum absolute atomic E-state index is 0. The molecule has 2 aromatic heterocycles. The van der Waals surface area contributed by atoms with E-state index >= 15 is 0 Å². The maximum absolute atomic E-state index is 5.56. The van der Waals surface area contributed by atoms with Crippen LogP contribution < -0.4 is 14.3 Å².